The molecule has 0 unspecified atom stereocenters. The molecular weight excluding hydrogens is 320 g/mol. The van der Waals surface area contributed by atoms with E-state index >= 15 is 0 Å². The fourth-order valence-corrected chi connectivity index (χ4v) is 3.72. The van der Waals surface area contributed by atoms with E-state index in [0.29, 0.717) is 23.7 Å². The molecule has 8 heteroatoms. The number of sulfonamides is 1. The van der Waals surface area contributed by atoms with Gasteiger partial charge in [-0.25, -0.2) is 13.4 Å². The molecule has 0 aliphatic rings. The van der Waals surface area contributed by atoms with Crippen LogP contribution in [0.15, 0.2) is 29.2 Å². The molecule has 0 fully saturated rings. The van der Waals surface area contributed by atoms with E-state index in [1.807, 2.05) is 19.9 Å². The van der Waals surface area contributed by atoms with Crippen LogP contribution in [0, 0.1) is 17.2 Å². The van der Waals surface area contributed by atoms with Crippen molar-refractivity contribution in [1.82, 2.24) is 9.36 Å². The van der Waals surface area contributed by atoms with Gasteiger partial charge in [-0.05, 0) is 23.6 Å². The number of nitrogens with one attached hydrogen (secondary N) is 1. The first-order chi connectivity index (χ1) is 10.4. The molecule has 1 N–H and O–H groups in total. The molecule has 2 aromatic rings. The van der Waals surface area contributed by atoms with E-state index in [2.05, 4.69) is 14.1 Å². The highest BCUT2D eigenvalue weighted by Crippen LogP contribution is 2.19. The van der Waals surface area contributed by atoms with Gasteiger partial charge in [0.2, 0.25) is 5.13 Å². The fourth-order valence-electron chi connectivity index (χ4n) is 1.83. The number of rotatable bonds is 6. The van der Waals surface area contributed by atoms with Crippen molar-refractivity contribution >= 4 is 26.7 Å². The minimum absolute atomic E-state index is 0.112. The van der Waals surface area contributed by atoms with Crippen molar-refractivity contribution in [1.29, 1.82) is 5.26 Å². The summed E-state index contributed by atoms with van der Waals surface area (Å²) in [7, 11) is -3.72. The van der Waals surface area contributed by atoms with E-state index < -0.39 is 10.0 Å². The van der Waals surface area contributed by atoms with E-state index in [1.165, 1.54) is 12.1 Å². The summed E-state index contributed by atoms with van der Waals surface area (Å²) in [5.41, 5.74) is 0.656. The first kappa shape index (κ1) is 16.4. The second-order valence-electron chi connectivity index (χ2n) is 5.20. The first-order valence-corrected chi connectivity index (χ1v) is 8.97. The second kappa shape index (κ2) is 6.85. The summed E-state index contributed by atoms with van der Waals surface area (Å²) in [6.45, 7) is 4.09. The number of aromatic nitrogens is 2. The number of nitrogens with zero attached hydrogens (tertiary/aromatic N) is 3. The van der Waals surface area contributed by atoms with Crippen molar-refractivity contribution in [3.05, 3.63) is 35.7 Å². The molecule has 0 saturated carbocycles. The van der Waals surface area contributed by atoms with Gasteiger partial charge >= 0.3 is 0 Å². The average Bonchev–Trinajstić information content (AvgIpc) is 2.85. The van der Waals surface area contributed by atoms with Gasteiger partial charge in [0.1, 0.15) is 5.82 Å². The Hall–Kier alpha value is -1.98. The van der Waals surface area contributed by atoms with E-state index in [9.17, 15) is 8.42 Å². The Morgan fingerprint density at radius 1 is 1.41 bits per heavy atom. The standard InChI is InChI=1S/C14H16N4O2S2/c1-10(2)8-13-16-14(21-17-13)18-22(19,20)12-5-3-4-11(9-12)6-7-15/h3-5,9-10H,6,8H2,1-2H3,(H,16,17,18). The molecule has 6 nitrogen and oxygen atoms in total. The van der Waals surface area contributed by atoms with Crippen LogP contribution < -0.4 is 4.72 Å². The molecule has 2 rings (SSSR count). The second-order valence-corrected chi connectivity index (χ2v) is 7.64. The Morgan fingerprint density at radius 2 is 2.18 bits per heavy atom. The smallest absolute Gasteiger partial charge is 0.253 e. The molecule has 1 aromatic carbocycles. The molecule has 0 saturated heterocycles. The predicted molar refractivity (Wildman–Crippen MR) is 85.0 cm³/mol. The summed E-state index contributed by atoms with van der Waals surface area (Å²) in [6, 6.07) is 8.30. The highest BCUT2D eigenvalue weighted by atomic mass is 32.2. The number of nitriles is 1. The van der Waals surface area contributed by atoms with Gasteiger partial charge in [-0.15, -0.1) is 0 Å². The Kier molecular flexibility index (Phi) is 5.11. The predicted octanol–water partition coefficient (Wildman–Crippen LogP) is 2.60. The number of benzene rings is 1. The molecular formula is C14H16N4O2S2. The van der Waals surface area contributed by atoms with Crippen molar-refractivity contribution < 1.29 is 8.42 Å². The lowest BCUT2D eigenvalue weighted by Crippen LogP contribution is -2.13. The Labute approximate surface area is 134 Å². The highest BCUT2D eigenvalue weighted by Gasteiger charge is 2.17. The lowest BCUT2D eigenvalue weighted by molar-refractivity contribution is 0.601. The van der Waals surface area contributed by atoms with E-state index in [4.69, 9.17) is 5.26 Å². The van der Waals surface area contributed by atoms with Gasteiger partial charge in [0.05, 0.1) is 17.4 Å². The van der Waals surface area contributed by atoms with Gasteiger partial charge in [0.15, 0.2) is 0 Å². The zero-order valence-electron chi connectivity index (χ0n) is 12.3. The summed E-state index contributed by atoms with van der Waals surface area (Å²) >= 11 is 1.02. The van der Waals surface area contributed by atoms with Crippen molar-refractivity contribution in [3.8, 4) is 6.07 Å². The van der Waals surface area contributed by atoms with Gasteiger partial charge in [0, 0.05) is 18.0 Å². The van der Waals surface area contributed by atoms with Crippen LogP contribution in [0.4, 0.5) is 5.13 Å². The molecule has 0 spiro atoms. The Morgan fingerprint density at radius 3 is 2.86 bits per heavy atom. The van der Waals surface area contributed by atoms with Crippen LogP contribution in [-0.2, 0) is 22.9 Å². The third-order valence-corrected chi connectivity index (χ3v) is 4.91. The van der Waals surface area contributed by atoms with Gasteiger partial charge < -0.3 is 0 Å². The maximum Gasteiger partial charge on any atom is 0.263 e. The van der Waals surface area contributed by atoms with Crippen molar-refractivity contribution in [3.63, 3.8) is 0 Å². The van der Waals surface area contributed by atoms with Crippen LogP contribution >= 0.6 is 11.5 Å². The third-order valence-electron chi connectivity index (χ3n) is 2.77. The molecule has 0 radical (unpaired) electrons. The van der Waals surface area contributed by atoms with Gasteiger partial charge in [0.25, 0.3) is 10.0 Å². The number of hydrogen-bond donors (Lipinski definition) is 1. The summed E-state index contributed by atoms with van der Waals surface area (Å²) in [4.78, 5) is 4.30. The van der Waals surface area contributed by atoms with E-state index in [1.54, 1.807) is 12.1 Å². The Bertz CT molecular complexity index is 791. The number of anilines is 1. The maximum absolute atomic E-state index is 12.3. The topological polar surface area (TPSA) is 95.7 Å². The quantitative estimate of drug-likeness (QED) is 0.874. The molecule has 0 atom stereocenters. The molecule has 22 heavy (non-hydrogen) atoms. The molecule has 1 heterocycles. The van der Waals surface area contributed by atoms with Crippen LogP contribution in [0.5, 0.6) is 0 Å². The lowest BCUT2D eigenvalue weighted by atomic mass is 10.1. The van der Waals surface area contributed by atoms with Crippen molar-refractivity contribution in [2.24, 2.45) is 5.92 Å². The average molecular weight is 336 g/mol. The molecule has 0 bridgehead atoms. The van der Waals surface area contributed by atoms with Crippen LogP contribution in [0.1, 0.15) is 25.2 Å². The first-order valence-electron chi connectivity index (χ1n) is 6.72. The van der Waals surface area contributed by atoms with Crippen LogP contribution in [0.2, 0.25) is 0 Å². The normalized spacial score (nSPS) is 11.4. The van der Waals surface area contributed by atoms with Crippen LogP contribution in [0.3, 0.4) is 0 Å². The summed E-state index contributed by atoms with van der Waals surface area (Å²) in [5.74, 6) is 1.04. The van der Waals surface area contributed by atoms with Gasteiger partial charge in [-0.2, -0.15) is 9.64 Å². The molecule has 0 amide bonds. The molecule has 0 aliphatic carbocycles. The zero-order chi connectivity index (χ0) is 16.2. The molecule has 0 aliphatic heterocycles. The summed E-state index contributed by atoms with van der Waals surface area (Å²) in [6.07, 6.45) is 0.872. The van der Waals surface area contributed by atoms with Gasteiger partial charge in [-0.3, -0.25) is 4.72 Å². The van der Waals surface area contributed by atoms with E-state index in [-0.39, 0.29) is 16.4 Å². The highest BCUT2D eigenvalue weighted by molar-refractivity contribution is 7.93. The molecule has 1 aromatic heterocycles. The largest absolute Gasteiger partial charge is 0.263 e. The van der Waals surface area contributed by atoms with Crippen molar-refractivity contribution in [2.75, 3.05) is 4.72 Å². The van der Waals surface area contributed by atoms with Crippen molar-refractivity contribution in [2.45, 2.75) is 31.6 Å². The maximum atomic E-state index is 12.3. The minimum Gasteiger partial charge on any atom is -0.253 e. The minimum atomic E-state index is -3.72. The lowest BCUT2D eigenvalue weighted by Gasteiger charge is -2.05. The summed E-state index contributed by atoms with van der Waals surface area (Å²) in [5, 5.41) is 8.94. The zero-order valence-corrected chi connectivity index (χ0v) is 13.9. The van der Waals surface area contributed by atoms with Gasteiger partial charge in [-0.1, -0.05) is 26.0 Å². The van der Waals surface area contributed by atoms with Crippen LogP contribution in [0.25, 0.3) is 0 Å². The Balaban J connectivity index is 2.19. The summed E-state index contributed by atoms with van der Waals surface area (Å²) < 4.78 is 31.2. The third kappa shape index (κ3) is 4.26. The SMILES string of the molecule is CC(C)Cc1nsc(NS(=O)(=O)c2cccc(CC#N)c2)n1. The fraction of sp³-hybridized carbons (Fsp3) is 0.357. The monoisotopic (exact) mass is 336 g/mol. The number of hydrogen-bond acceptors (Lipinski definition) is 6. The molecule has 116 valence electrons. The van der Waals surface area contributed by atoms with E-state index in [0.717, 1.165) is 11.5 Å². The van der Waals surface area contributed by atoms with Crippen LogP contribution in [-0.4, -0.2) is 17.8 Å².